The molecule has 13 heavy (non-hydrogen) atoms. The Morgan fingerprint density at radius 3 is 2.92 bits per heavy atom. The fourth-order valence-corrected chi connectivity index (χ4v) is 1.46. The lowest BCUT2D eigenvalue weighted by molar-refractivity contribution is -0.0398. The molecule has 1 aliphatic rings. The number of pyridine rings is 1. The van der Waals surface area contributed by atoms with Crippen LogP contribution in [0.25, 0.3) is 0 Å². The molecule has 1 fully saturated rings. The van der Waals surface area contributed by atoms with Gasteiger partial charge in [-0.05, 0) is 12.5 Å². The van der Waals surface area contributed by atoms with Gasteiger partial charge in [0.2, 0.25) is 0 Å². The molecule has 1 aliphatic heterocycles. The molecule has 0 unspecified atom stereocenters. The highest BCUT2D eigenvalue weighted by Gasteiger charge is 2.18. The van der Waals surface area contributed by atoms with Gasteiger partial charge in [-0.2, -0.15) is 0 Å². The molecule has 70 valence electrons. The highest BCUT2D eigenvalue weighted by atomic mass is 16.5. The van der Waals surface area contributed by atoms with E-state index in [0.717, 1.165) is 25.3 Å². The Hall–Kier alpha value is -1.09. The van der Waals surface area contributed by atoms with Crippen LogP contribution in [0.5, 0.6) is 0 Å². The van der Waals surface area contributed by atoms with Crippen molar-refractivity contribution in [2.24, 2.45) is 5.92 Å². The predicted octanol–water partition coefficient (Wildman–Crippen LogP) is 0.803. The van der Waals surface area contributed by atoms with Crippen molar-refractivity contribution in [3.8, 4) is 0 Å². The number of nitrogens with zero attached hydrogens (tertiary/aromatic N) is 1. The van der Waals surface area contributed by atoms with Gasteiger partial charge in [0.25, 0.3) is 5.56 Å². The molecule has 0 N–H and O–H groups in total. The summed E-state index contributed by atoms with van der Waals surface area (Å²) in [5.74, 6) is 0.527. The third-order valence-corrected chi connectivity index (χ3v) is 2.29. The number of aromatic nitrogens is 1. The van der Waals surface area contributed by atoms with Gasteiger partial charge in [-0.25, -0.2) is 0 Å². The maximum absolute atomic E-state index is 11.4. The second kappa shape index (κ2) is 3.34. The van der Waals surface area contributed by atoms with Gasteiger partial charge in [-0.15, -0.1) is 0 Å². The Bertz CT molecular complexity index is 352. The van der Waals surface area contributed by atoms with Crippen molar-refractivity contribution in [3.63, 3.8) is 0 Å². The monoisotopic (exact) mass is 179 g/mol. The van der Waals surface area contributed by atoms with E-state index in [1.807, 2.05) is 19.2 Å². The molecule has 1 aromatic rings. The number of hydrogen-bond acceptors (Lipinski definition) is 2. The molecule has 0 bridgehead atoms. The van der Waals surface area contributed by atoms with Crippen molar-refractivity contribution < 1.29 is 4.74 Å². The van der Waals surface area contributed by atoms with E-state index in [-0.39, 0.29) is 5.56 Å². The molecule has 1 saturated heterocycles. The van der Waals surface area contributed by atoms with Crippen LogP contribution in [0, 0.1) is 12.8 Å². The fourth-order valence-electron chi connectivity index (χ4n) is 1.46. The van der Waals surface area contributed by atoms with Gasteiger partial charge >= 0.3 is 0 Å². The van der Waals surface area contributed by atoms with Gasteiger partial charge in [0, 0.05) is 24.7 Å². The summed E-state index contributed by atoms with van der Waals surface area (Å²) in [5, 5.41) is 0. The largest absolute Gasteiger partial charge is 0.381 e. The minimum atomic E-state index is 0.0810. The second-order valence-electron chi connectivity index (χ2n) is 3.60. The quantitative estimate of drug-likeness (QED) is 0.672. The van der Waals surface area contributed by atoms with Crippen molar-refractivity contribution >= 4 is 0 Å². The summed E-state index contributed by atoms with van der Waals surface area (Å²) in [5.41, 5.74) is 1.21. The minimum absolute atomic E-state index is 0.0810. The zero-order valence-corrected chi connectivity index (χ0v) is 7.69. The number of hydrogen-bond donors (Lipinski definition) is 0. The summed E-state index contributed by atoms with van der Waals surface area (Å²) in [6, 6.07) is 3.46. The van der Waals surface area contributed by atoms with Crippen molar-refractivity contribution in [2.45, 2.75) is 13.5 Å². The van der Waals surface area contributed by atoms with E-state index in [9.17, 15) is 4.79 Å². The molecule has 0 aliphatic carbocycles. The lowest BCUT2D eigenvalue weighted by Gasteiger charge is -2.26. The van der Waals surface area contributed by atoms with Gasteiger partial charge < -0.3 is 9.30 Å². The smallest absolute Gasteiger partial charge is 0.250 e. The SMILES string of the molecule is Cc1ccc(=O)n(CC2COC2)c1. The van der Waals surface area contributed by atoms with Crippen molar-refractivity contribution in [2.75, 3.05) is 13.2 Å². The van der Waals surface area contributed by atoms with Crippen LogP contribution in [0.2, 0.25) is 0 Å². The third kappa shape index (κ3) is 1.80. The van der Waals surface area contributed by atoms with E-state index in [4.69, 9.17) is 4.74 Å². The van der Waals surface area contributed by atoms with E-state index in [0.29, 0.717) is 5.92 Å². The molecule has 0 aromatic carbocycles. The summed E-state index contributed by atoms with van der Waals surface area (Å²) >= 11 is 0. The maximum Gasteiger partial charge on any atom is 0.250 e. The predicted molar refractivity (Wildman–Crippen MR) is 49.7 cm³/mol. The highest BCUT2D eigenvalue weighted by Crippen LogP contribution is 2.11. The van der Waals surface area contributed by atoms with Crippen LogP contribution < -0.4 is 5.56 Å². The summed E-state index contributed by atoms with van der Waals surface area (Å²) < 4.78 is 6.83. The molecule has 0 amide bonds. The van der Waals surface area contributed by atoms with Gasteiger partial charge in [-0.3, -0.25) is 4.79 Å². The van der Waals surface area contributed by atoms with Gasteiger partial charge in [0.05, 0.1) is 13.2 Å². The molecule has 1 aromatic heterocycles. The number of rotatable bonds is 2. The zero-order valence-electron chi connectivity index (χ0n) is 7.69. The molecule has 0 spiro atoms. The highest BCUT2D eigenvalue weighted by molar-refractivity contribution is 5.07. The summed E-state index contributed by atoms with van der Waals surface area (Å²) in [7, 11) is 0. The molecule has 3 nitrogen and oxygen atoms in total. The lowest BCUT2D eigenvalue weighted by atomic mass is 10.1. The summed E-state index contributed by atoms with van der Waals surface area (Å²) in [6.07, 6.45) is 1.90. The summed E-state index contributed by atoms with van der Waals surface area (Å²) in [4.78, 5) is 11.4. The normalized spacial score (nSPS) is 17.0. The average Bonchev–Trinajstić information content (AvgIpc) is 2.03. The number of aryl methyl sites for hydroxylation is 1. The van der Waals surface area contributed by atoms with E-state index >= 15 is 0 Å². The van der Waals surface area contributed by atoms with Crippen molar-refractivity contribution in [1.82, 2.24) is 4.57 Å². The first-order valence-electron chi connectivity index (χ1n) is 4.50. The molecule has 3 heteroatoms. The van der Waals surface area contributed by atoms with E-state index < -0.39 is 0 Å². The molecular weight excluding hydrogens is 166 g/mol. The Morgan fingerprint density at radius 1 is 1.54 bits per heavy atom. The Labute approximate surface area is 77.0 Å². The Balaban J connectivity index is 2.17. The van der Waals surface area contributed by atoms with Gasteiger partial charge in [0.15, 0.2) is 0 Å². The van der Waals surface area contributed by atoms with E-state index in [2.05, 4.69) is 0 Å². The Morgan fingerprint density at radius 2 is 2.31 bits per heavy atom. The van der Waals surface area contributed by atoms with Crippen LogP contribution in [-0.4, -0.2) is 17.8 Å². The van der Waals surface area contributed by atoms with Crippen LogP contribution in [0.3, 0.4) is 0 Å². The maximum atomic E-state index is 11.4. The van der Waals surface area contributed by atoms with E-state index in [1.54, 1.807) is 10.6 Å². The third-order valence-electron chi connectivity index (χ3n) is 2.29. The zero-order chi connectivity index (χ0) is 9.26. The molecule has 0 atom stereocenters. The molecule has 2 rings (SSSR count). The van der Waals surface area contributed by atoms with Crippen LogP contribution in [0.1, 0.15) is 5.56 Å². The summed E-state index contributed by atoms with van der Waals surface area (Å²) in [6.45, 7) is 4.37. The first-order valence-corrected chi connectivity index (χ1v) is 4.50. The van der Waals surface area contributed by atoms with Crippen LogP contribution in [0.15, 0.2) is 23.1 Å². The van der Waals surface area contributed by atoms with Gasteiger partial charge in [-0.1, -0.05) is 6.07 Å². The molecule has 2 heterocycles. The minimum Gasteiger partial charge on any atom is -0.381 e. The van der Waals surface area contributed by atoms with Crippen molar-refractivity contribution in [3.05, 3.63) is 34.2 Å². The van der Waals surface area contributed by atoms with Crippen LogP contribution >= 0.6 is 0 Å². The van der Waals surface area contributed by atoms with Crippen molar-refractivity contribution in [1.29, 1.82) is 0 Å². The molecular formula is C10H13NO2. The topological polar surface area (TPSA) is 31.2 Å². The van der Waals surface area contributed by atoms with Crippen LogP contribution in [0.4, 0.5) is 0 Å². The fraction of sp³-hybridized carbons (Fsp3) is 0.500. The van der Waals surface area contributed by atoms with Gasteiger partial charge in [0.1, 0.15) is 0 Å². The first-order chi connectivity index (χ1) is 6.25. The average molecular weight is 179 g/mol. The standard InChI is InChI=1S/C10H13NO2/c1-8-2-3-10(12)11(4-8)5-9-6-13-7-9/h2-4,9H,5-7H2,1H3. The Kier molecular flexibility index (Phi) is 2.19. The molecule has 0 saturated carbocycles. The van der Waals surface area contributed by atoms with Crippen LogP contribution in [-0.2, 0) is 11.3 Å². The second-order valence-corrected chi connectivity index (χ2v) is 3.60. The lowest BCUT2D eigenvalue weighted by Crippen LogP contribution is -2.34. The first kappa shape index (κ1) is 8.51. The van der Waals surface area contributed by atoms with E-state index in [1.165, 1.54) is 0 Å². The molecule has 0 radical (unpaired) electrons. The number of ether oxygens (including phenoxy) is 1.